The van der Waals surface area contributed by atoms with Crippen molar-refractivity contribution in [2.45, 2.75) is 12.5 Å². The van der Waals surface area contributed by atoms with Crippen molar-refractivity contribution in [2.24, 2.45) is 7.05 Å². The van der Waals surface area contributed by atoms with Gasteiger partial charge in [-0.05, 0) is 72.2 Å². The van der Waals surface area contributed by atoms with Gasteiger partial charge in [0, 0.05) is 12.6 Å². The lowest BCUT2D eigenvalue weighted by molar-refractivity contribution is 0.0936. The summed E-state index contributed by atoms with van der Waals surface area (Å²) < 4.78 is 29.1. The van der Waals surface area contributed by atoms with Crippen LogP contribution in [0, 0.1) is 16.4 Å². The summed E-state index contributed by atoms with van der Waals surface area (Å²) in [5, 5.41) is 3.30. The van der Waals surface area contributed by atoms with Crippen LogP contribution in [-0.4, -0.2) is 15.5 Å². The Balaban J connectivity index is 1.68. The molecular weight excluding hydrogens is 432 g/mol. The van der Waals surface area contributed by atoms with E-state index in [4.69, 9.17) is 12.2 Å². The second kappa shape index (κ2) is 8.84. The van der Waals surface area contributed by atoms with Gasteiger partial charge in [0.15, 0.2) is 4.77 Å². The summed E-state index contributed by atoms with van der Waals surface area (Å²) in [6.45, 7) is 0. The molecule has 162 valence electrons. The van der Waals surface area contributed by atoms with E-state index in [1.807, 2.05) is 0 Å². The molecule has 8 heteroatoms. The number of fused-ring (bicyclic) bond motifs is 1. The minimum Gasteiger partial charge on any atom is -0.345 e. The van der Waals surface area contributed by atoms with E-state index in [2.05, 4.69) is 10.3 Å². The largest absolute Gasteiger partial charge is 0.345 e. The molecule has 0 bridgehead atoms. The lowest BCUT2D eigenvalue weighted by Gasteiger charge is -2.20. The van der Waals surface area contributed by atoms with E-state index < -0.39 is 23.6 Å². The van der Waals surface area contributed by atoms with Gasteiger partial charge in [0.1, 0.15) is 11.6 Å². The number of hydrogen-bond donors (Lipinski definition) is 2. The summed E-state index contributed by atoms with van der Waals surface area (Å²) in [5.41, 5.74) is 1.69. The summed E-state index contributed by atoms with van der Waals surface area (Å²) in [6.07, 6.45) is 0.267. The van der Waals surface area contributed by atoms with Crippen LogP contribution in [0.4, 0.5) is 8.78 Å². The molecule has 0 saturated carbocycles. The molecule has 5 nitrogen and oxygen atoms in total. The van der Waals surface area contributed by atoms with E-state index in [-0.39, 0.29) is 16.8 Å². The molecule has 1 heterocycles. The van der Waals surface area contributed by atoms with Gasteiger partial charge in [-0.25, -0.2) is 8.78 Å². The SMILES string of the molecule is Cn1c(=S)[nH]c2cc(C(=O)NC(Cc3cccc(F)c3)c3cccc(F)c3)ccc2c1=O. The normalized spacial score (nSPS) is 12.0. The zero-order chi connectivity index (χ0) is 22.8. The Labute approximate surface area is 187 Å². The topological polar surface area (TPSA) is 66.9 Å². The molecule has 0 aliphatic heterocycles. The molecule has 0 saturated heterocycles. The maximum Gasteiger partial charge on any atom is 0.261 e. The second-order valence-electron chi connectivity index (χ2n) is 7.47. The van der Waals surface area contributed by atoms with Gasteiger partial charge in [0.2, 0.25) is 0 Å². The van der Waals surface area contributed by atoms with Gasteiger partial charge in [-0.3, -0.25) is 14.2 Å². The number of carbonyl (C=O) groups is 1. The van der Waals surface area contributed by atoms with E-state index in [1.54, 1.807) is 49.5 Å². The van der Waals surface area contributed by atoms with Crippen LogP contribution in [0.3, 0.4) is 0 Å². The Bertz CT molecular complexity index is 1450. The highest BCUT2D eigenvalue weighted by atomic mass is 32.1. The van der Waals surface area contributed by atoms with Gasteiger partial charge in [0.25, 0.3) is 11.5 Å². The van der Waals surface area contributed by atoms with E-state index in [0.29, 0.717) is 27.6 Å². The predicted octanol–water partition coefficient (Wildman–Crippen LogP) is 4.59. The molecule has 1 aromatic heterocycles. The molecule has 4 aromatic rings. The van der Waals surface area contributed by atoms with Crippen molar-refractivity contribution in [3.63, 3.8) is 0 Å². The molecule has 0 spiro atoms. The number of hydrogen-bond acceptors (Lipinski definition) is 3. The maximum absolute atomic E-state index is 13.9. The van der Waals surface area contributed by atoms with Crippen LogP contribution in [0.15, 0.2) is 71.5 Å². The Morgan fingerprint density at radius 1 is 1.06 bits per heavy atom. The lowest BCUT2D eigenvalue weighted by atomic mass is 9.98. The Morgan fingerprint density at radius 2 is 1.78 bits per heavy atom. The van der Waals surface area contributed by atoms with Crippen LogP contribution in [0.2, 0.25) is 0 Å². The molecule has 0 fully saturated rings. The summed E-state index contributed by atoms with van der Waals surface area (Å²) in [6, 6.07) is 16.0. The van der Waals surface area contributed by atoms with Gasteiger partial charge in [-0.15, -0.1) is 0 Å². The van der Waals surface area contributed by atoms with Crippen LogP contribution in [-0.2, 0) is 13.5 Å². The van der Waals surface area contributed by atoms with E-state index in [9.17, 15) is 18.4 Å². The molecule has 0 aliphatic rings. The van der Waals surface area contributed by atoms with Crippen molar-refractivity contribution >= 4 is 29.0 Å². The minimum absolute atomic E-state index is 0.240. The van der Waals surface area contributed by atoms with Crippen molar-refractivity contribution in [2.75, 3.05) is 0 Å². The number of rotatable bonds is 5. The standard InChI is InChI=1S/C24H19F2N3O2S/c1-29-23(31)19-9-8-16(13-21(19)28-24(29)32)22(30)27-20(15-5-3-7-18(26)12-15)11-14-4-2-6-17(25)10-14/h2-10,12-13,20H,11H2,1H3,(H,27,30)(H,28,32). The number of benzene rings is 3. The minimum atomic E-state index is -0.599. The third-order valence-electron chi connectivity index (χ3n) is 5.25. The van der Waals surface area contributed by atoms with Crippen molar-refractivity contribution in [3.05, 3.63) is 110 Å². The quantitative estimate of drug-likeness (QED) is 0.436. The summed E-state index contributed by atoms with van der Waals surface area (Å²) in [7, 11) is 1.57. The van der Waals surface area contributed by atoms with Gasteiger partial charge < -0.3 is 10.3 Å². The first kappa shape index (κ1) is 21.6. The van der Waals surface area contributed by atoms with Crippen molar-refractivity contribution < 1.29 is 13.6 Å². The molecule has 2 N–H and O–H groups in total. The number of nitrogens with one attached hydrogen (secondary N) is 2. The molecular formula is C24H19F2N3O2S. The highest BCUT2D eigenvalue weighted by Gasteiger charge is 2.18. The number of H-pyrrole nitrogens is 1. The number of halogens is 2. The van der Waals surface area contributed by atoms with Gasteiger partial charge in [-0.1, -0.05) is 24.3 Å². The third kappa shape index (κ3) is 4.50. The Morgan fingerprint density at radius 3 is 2.50 bits per heavy atom. The zero-order valence-corrected chi connectivity index (χ0v) is 17.9. The van der Waals surface area contributed by atoms with E-state index in [0.717, 1.165) is 0 Å². The monoisotopic (exact) mass is 451 g/mol. The first-order valence-corrected chi connectivity index (χ1v) is 10.3. The second-order valence-corrected chi connectivity index (χ2v) is 7.86. The Hall–Kier alpha value is -3.65. The number of aromatic amines is 1. The molecule has 32 heavy (non-hydrogen) atoms. The van der Waals surface area contributed by atoms with Gasteiger partial charge in [-0.2, -0.15) is 0 Å². The predicted molar refractivity (Wildman–Crippen MR) is 121 cm³/mol. The highest BCUT2D eigenvalue weighted by Crippen LogP contribution is 2.21. The number of amides is 1. The van der Waals surface area contributed by atoms with Crippen LogP contribution in [0.5, 0.6) is 0 Å². The average Bonchev–Trinajstić information content (AvgIpc) is 2.77. The molecule has 1 amide bonds. The number of nitrogens with zero attached hydrogens (tertiary/aromatic N) is 1. The Kier molecular flexibility index (Phi) is 5.96. The smallest absolute Gasteiger partial charge is 0.261 e. The van der Waals surface area contributed by atoms with Crippen LogP contribution in [0.1, 0.15) is 27.5 Å². The first-order valence-electron chi connectivity index (χ1n) is 9.85. The van der Waals surface area contributed by atoms with Crippen LogP contribution < -0.4 is 10.9 Å². The van der Waals surface area contributed by atoms with E-state index >= 15 is 0 Å². The fourth-order valence-corrected chi connectivity index (χ4v) is 3.76. The van der Waals surface area contributed by atoms with Crippen molar-refractivity contribution in [1.29, 1.82) is 0 Å². The molecule has 0 aliphatic carbocycles. The fraction of sp³-hybridized carbons (Fsp3) is 0.125. The lowest BCUT2D eigenvalue weighted by Crippen LogP contribution is -2.30. The summed E-state index contributed by atoms with van der Waals surface area (Å²) in [4.78, 5) is 28.4. The molecule has 3 aromatic carbocycles. The first-order chi connectivity index (χ1) is 15.3. The summed E-state index contributed by atoms with van der Waals surface area (Å²) >= 11 is 5.15. The van der Waals surface area contributed by atoms with Crippen LogP contribution in [0.25, 0.3) is 10.9 Å². The van der Waals surface area contributed by atoms with Gasteiger partial charge >= 0.3 is 0 Å². The summed E-state index contributed by atoms with van der Waals surface area (Å²) in [5.74, 6) is -1.24. The molecule has 0 radical (unpaired) electrons. The van der Waals surface area contributed by atoms with Crippen molar-refractivity contribution in [1.82, 2.24) is 14.9 Å². The van der Waals surface area contributed by atoms with Crippen molar-refractivity contribution in [3.8, 4) is 0 Å². The van der Waals surface area contributed by atoms with Gasteiger partial charge in [0.05, 0.1) is 16.9 Å². The number of carbonyl (C=O) groups excluding carboxylic acids is 1. The molecule has 4 rings (SSSR count). The maximum atomic E-state index is 13.9. The molecule has 1 atom stereocenters. The molecule has 1 unspecified atom stereocenters. The van der Waals surface area contributed by atoms with E-state index in [1.165, 1.54) is 28.8 Å². The average molecular weight is 451 g/mol. The third-order valence-corrected chi connectivity index (χ3v) is 5.62. The highest BCUT2D eigenvalue weighted by molar-refractivity contribution is 7.71. The van der Waals surface area contributed by atoms with Crippen LogP contribution >= 0.6 is 12.2 Å². The zero-order valence-electron chi connectivity index (χ0n) is 17.1. The number of aromatic nitrogens is 2. The fourth-order valence-electron chi connectivity index (χ4n) is 3.56.